The van der Waals surface area contributed by atoms with Crippen LogP contribution in [0, 0.1) is 0 Å². The normalized spacial score (nSPS) is 15.8. The summed E-state index contributed by atoms with van der Waals surface area (Å²) in [6.45, 7) is -0.431. The molecule has 3 aromatic rings. The number of fused-ring (bicyclic) bond motifs is 1. The zero-order valence-corrected chi connectivity index (χ0v) is 17.6. The zero-order valence-electron chi connectivity index (χ0n) is 16.8. The second-order valence-corrected chi connectivity index (χ2v) is 9.18. The van der Waals surface area contributed by atoms with E-state index in [9.17, 15) is 13.2 Å². The topological polar surface area (TPSA) is 92.7 Å². The fourth-order valence-electron chi connectivity index (χ4n) is 3.94. The van der Waals surface area contributed by atoms with Crippen LogP contribution in [0.1, 0.15) is 30.0 Å². The SMILES string of the molecule is O=C(O)COc1cccc2c1CCCC2NS(=O)(=O)c1cccc(-c2ccccc2)c1. The zero-order chi connectivity index (χ0) is 21.8. The van der Waals surface area contributed by atoms with Gasteiger partial charge in [-0.2, -0.15) is 0 Å². The average Bonchev–Trinajstić information content (AvgIpc) is 2.78. The van der Waals surface area contributed by atoms with Gasteiger partial charge in [0.15, 0.2) is 6.61 Å². The first-order valence-corrected chi connectivity index (χ1v) is 11.6. The van der Waals surface area contributed by atoms with Crippen LogP contribution >= 0.6 is 0 Å². The van der Waals surface area contributed by atoms with E-state index in [4.69, 9.17) is 9.84 Å². The molecule has 1 unspecified atom stereocenters. The van der Waals surface area contributed by atoms with Gasteiger partial charge in [-0.3, -0.25) is 0 Å². The summed E-state index contributed by atoms with van der Waals surface area (Å²) in [4.78, 5) is 11.1. The summed E-state index contributed by atoms with van der Waals surface area (Å²) in [7, 11) is -3.76. The number of aliphatic carboxylic acids is 1. The highest BCUT2D eigenvalue weighted by Crippen LogP contribution is 2.36. The van der Waals surface area contributed by atoms with E-state index < -0.39 is 28.6 Å². The van der Waals surface area contributed by atoms with Crippen LogP contribution in [0.2, 0.25) is 0 Å². The lowest BCUT2D eigenvalue weighted by molar-refractivity contribution is -0.139. The molecule has 0 fully saturated rings. The number of hydrogen-bond acceptors (Lipinski definition) is 4. The van der Waals surface area contributed by atoms with Crippen LogP contribution in [0.3, 0.4) is 0 Å². The second-order valence-electron chi connectivity index (χ2n) is 7.47. The number of ether oxygens (including phenoxy) is 1. The minimum atomic E-state index is -3.76. The van der Waals surface area contributed by atoms with Gasteiger partial charge in [0.05, 0.1) is 4.90 Å². The maximum atomic E-state index is 13.2. The van der Waals surface area contributed by atoms with Gasteiger partial charge in [0.25, 0.3) is 0 Å². The van der Waals surface area contributed by atoms with Crippen molar-refractivity contribution in [2.75, 3.05) is 6.61 Å². The number of carbonyl (C=O) groups is 1. The maximum Gasteiger partial charge on any atom is 0.341 e. The maximum absolute atomic E-state index is 13.2. The highest BCUT2D eigenvalue weighted by atomic mass is 32.2. The lowest BCUT2D eigenvalue weighted by Crippen LogP contribution is -2.31. The van der Waals surface area contributed by atoms with E-state index in [1.165, 1.54) is 0 Å². The third-order valence-electron chi connectivity index (χ3n) is 5.36. The van der Waals surface area contributed by atoms with Crippen LogP contribution in [0.15, 0.2) is 77.7 Å². The number of benzene rings is 3. The minimum Gasteiger partial charge on any atom is -0.482 e. The van der Waals surface area contributed by atoms with Crippen LogP contribution in [0.4, 0.5) is 0 Å². The van der Waals surface area contributed by atoms with Gasteiger partial charge in [-0.25, -0.2) is 17.9 Å². The summed E-state index contributed by atoms with van der Waals surface area (Å²) < 4.78 is 34.6. The Labute approximate surface area is 181 Å². The molecule has 0 amide bonds. The standard InChI is InChI=1S/C24H23NO5S/c26-24(27)16-30-23-14-6-11-20-21(23)12-5-13-22(20)25-31(28,29)19-10-4-9-18(15-19)17-7-2-1-3-8-17/h1-4,6-11,14-15,22,25H,5,12-13,16H2,(H,26,27). The molecule has 0 bridgehead atoms. The molecule has 0 aromatic heterocycles. The Hall–Kier alpha value is -3.16. The third kappa shape index (κ3) is 4.78. The Morgan fingerprint density at radius 2 is 1.74 bits per heavy atom. The molecule has 1 aliphatic carbocycles. The molecular formula is C24H23NO5S. The highest BCUT2D eigenvalue weighted by molar-refractivity contribution is 7.89. The van der Waals surface area contributed by atoms with Crippen LogP contribution in [0.25, 0.3) is 11.1 Å². The molecule has 0 radical (unpaired) electrons. The molecule has 1 aliphatic rings. The fourth-order valence-corrected chi connectivity index (χ4v) is 5.24. The lowest BCUT2D eigenvalue weighted by Gasteiger charge is -2.27. The van der Waals surface area contributed by atoms with Gasteiger partial charge in [-0.15, -0.1) is 0 Å². The molecule has 1 atom stereocenters. The molecule has 0 spiro atoms. The summed E-state index contributed by atoms with van der Waals surface area (Å²) >= 11 is 0. The van der Waals surface area contributed by atoms with E-state index in [0.717, 1.165) is 28.7 Å². The van der Waals surface area contributed by atoms with Gasteiger partial charge in [-0.05, 0) is 59.7 Å². The summed E-state index contributed by atoms with van der Waals surface area (Å²) in [6.07, 6.45) is 2.15. The van der Waals surface area contributed by atoms with Gasteiger partial charge in [-0.1, -0.05) is 54.6 Å². The van der Waals surface area contributed by atoms with Crippen molar-refractivity contribution in [3.63, 3.8) is 0 Å². The minimum absolute atomic E-state index is 0.208. The van der Waals surface area contributed by atoms with Crippen molar-refractivity contribution in [1.29, 1.82) is 0 Å². The summed E-state index contributed by atoms with van der Waals surface area (Å²) in [5.41, 5.74) is 3.47. The van der Waals surface area contributed by atoms with Gasteiger partial charge in [0.2, 0.25) is 10.0 Å². The number of hydrogen-bond donors (Lipinski definition) is 2. The van der Waals surface area contributed by atoms with Crippen LogP contribution in [-0.4, -0.2) is 26.1 Å². The Kier molecular flexibility index (Phi) is 6.06. The van der Waals surface area contributed by atoms with E-state index in [1.807, 2.05) is 42.5 Å². The second kappa shape index (κ2) is 8.91. The Balaban J connectivity index is 1.61. The van der Waals surface area contributed by atoms with Gasteiger partial charge in [0, 0.05) is 6.04 Å². The van der Waals surface area contributed by atoms with Gasteiger partial charge < -0.3 is 9.84 Å². The van der Waals surface area contributed by atoms with Crippen LogP contribution in [0.5, 0.6) is 5.75 Å². The fraction of sp³-hybridized carbons (Fsp3) is 0.208. The van der Waals surface area contributed by atoms with E-state index in [0.29, 0.717) is 18.6 Å². The predicted octanol–water partition coefficient (Wildman–Crippen LogP) is 4.17. The highest BCUT2D eigenvalue weighted by Gasteiger charge is 2.27. The van der Waals surface area contributed by atoms with Crippen molar-refractivity contribution in [2.45, 2.75) is 30.2 Å². The first kappa shape index (κ1) is 21.1. The Bertz CT molecular complexity index is 1190. The average molecular weight is 438 g/mol. The van der Waals surface area contributed by atoms with Crippen LogP contribution < -0.4 is 9.46 Å². The molecule has 0 heterocycles. The van der Waals surface area contributed by atoms with E-state index in [2.05, 4.69) is 4.72 Å². The number of sulfonamides is 1. The molecule has 6 nitrogen and oxygen atoms in total. The summed E-state index contributed by atoms with van der Waals surface area (Å²) in [5, 5.41) is 8.90. The smallest absolute Gasteiger partial charge is 0.341 e. The molecular weight excluding hydrogens is 414 g/mol. The molecule has 160 valence electrons. The Morgan fingerprint density at radius 3 is 2.52 bits per heavy atom. The summed E-state index contributed by atoms with van der Waals surface area (Å²) in [5.74, 6) is -0.557. The summed E-state index contributed by atoms with van der Waals surface area (Å²) in [6, 6.07) is 21.5. The van der Waals surface area contributed by atoms with Crippen molar-refractivity contribution >= 4 is 16.0 Å². The molecule has 2 N–H and O–H groups in total. The van der Waals surface area contributed by atoms with Crippen molar-refractivity contribution in [1.82, 2.24) is 4.72 Å². The lowest BCUT2D eigenvalue weighted by atomic mass is 9.87. The molecule has 7 heteroatoms. The van der Waals surface area contributed by atoms with E-state index in [-0.39, 0.29) is 4.90 Å². The van der Waals surface area contributed by atoms with Crippen molar-refractivity contribution in [3.8, 4) is 16.9 Å². The van der Waals surface area contributed by atoms with Crippen molar-refractivity contribution in [2.24, 2.45) is 0 Å². The van der Waals surface area contributed by atoms with Gasteiger partial charge in [0.1, 0.15) is 5.75 Å². The van der Waals surface area contributed by atoms with Crippen molar-refractivity contribution in [3.05, 3.63) is 83.9 Å². The molecule has 4 rings (SSSR count). The predicted molar refractivity (Wildman–Crippen MR) is 117 cm³/mol. The largest absolute Gasteiger partial charge is 0.482 e. The monoisotopic (exact) mass is 437 g/mol. The third-order valence-corrected chi connectivity index (χ3v) is 6.83. The molecule has 3 aromatic carbocycles. The number of nitrogens with one attached hydrogen (secondary N) is 1. The quantitative estimate of drug-likeness (QED) is 0.579. The molecule has 0 saturated carbocycles. The molecule has 0 aliphatic heterocycles. The number of carboxylic acids is 1. The van der Waals surface area contributed by atoms with Gasteiger partial charge >= 0.3 is 5.97 Å². The molecule has 31 heavy (non-hydrogen) atoms. The first-order valence-electron chi connectivity index (χ1n) is 10.1. The van der Waals surface area contributed by atoms with E-state index in [1.54, 1.807) is 30.3 Å². The first-order chi connectivity index (χ1) is 14.9. The van der Waals surface area contributed by atoms with Crippen LogP contribution in [-0.2, 0) is 21.2 Å². The molecule has 0 saturated heterocycles. The van der Waals surface area contributed by atoms with Crippen molar-refractivity contribution < 1.29 is 23.1 Å². The number of carboxylic acid groups (broad SMARTS) is 1. The van der Waals surface area contributed by atoms with E-state index >= 15 is 0 Å². The number of rotatable bonds is 7. The Morgan fingerprint density at radius 1 is 1.00 bits per heavy atom.